The number of halogens is 2. The Bertz CT molecular complexity index is 485. The smallest absolute Gasteiger partial charge is 0.161 e. The maximum Gasteiger partial charge on any atom is 0.161 e. The quantitative estimate of drug-likeness (QED) is 0.860. The van der Waals surface area contributed by atoms with E-state index in [1.807, 2.05) is 13.0 Å². The maximum atomic E-state index is 13.9. The largest absolute Gasteiger partial charge is 0.379 e. The van der Waals surface area contributed by atoms with Gasteiger partial charge in [0.1, 0.15) is 6.07 Å². The number of nitrogens with zero attached hydrogens (tertiary/aromatic N) is 1. The molecule has 1 atom stereocenters. The van der Waals surface area contributed by atoms with Crippen LogP contribution >= 0.6 is 15.9 Å². The molecule has 1 N–H and O–H groups in total. The van der Waals surface area contributed by atoms with Crippen molar-refractivity contribution in [1.29, 1.82) is 5.26 Å². The maximum absolute atomic E-state index is 13.9. The second-order valence-corrected chi connectivity index (χ2v) is 4.35. The zero-order valence-electron chi connectivity index (χ0n) is 9.43. The summed E-state index contributed by atoms with van der Waals surface area (Å²) >= 11 is 3.06. The lowest BCUT2D eigenvalue weighted by atomic mass is 10.1. The molecule has 2 nitrogen and oxygen atoms in total. The minimum atomic E-state index is -0.459. The molecule has 0 aliphatic heterocycles. The van der Waals surface area contributed by atoms with Gasteiger partial charge in [0.05, 0.1) is 15.7 Å². The average Bonchev–Trinajstić information content (AvgIpc) is 2.34. The first-order valence-electron chi connectivity index (χ1n) is 5.22. The van der Waals surface area contributed by atoms with Crippen molar-refractivity contribution in [2.75, 3.05) is 5.32 Å². The number of hydrogen-bond acceptors (Lipinski definition) is 2. The minimum absolute atomic E-state index is 0.0364. The summed E-state index contributed by atoms with van der Waals surface area (Å²) in [5.74, 6) is 2.09. The summed E-state index contributed by atoms with van der Waals surface area (Å²) in [5, 5.41) is 11.8. The standard InChI is InChI=1S/C13H12BrFN2/c1-3-5-10(4-2)17-11-7-6-9(8-16)12(14)13(11)15/h1,6-7,10,17H,4-5H2,2H3. The summed E-state index contributed by atoms with van der Waals surface area (Å²) in [7, 11) is 0. The van der Waals surface area contributed by atoms with Crippen LogP contribution < -0.4 is 5.32 Å². The summed E-state index contributed by atoms with van der Waals surface area (Å²) in [5.41, 5.74) is 0.635. The number of rotatable bonds is 4. The zero-order chi connectivity index (χ0) is 12.8. The van der Waals surface area contributed by atoms with Crippen molar-refractivity contribution < 1.29 is 4.39 Å². The molecule has 0 bridgehead atoms. The topological polar surface area (TPSA) is 35.8 Å². The molecule has 88 valence electrons. The molecule has 0 aliphatic carbocycles. The van der Waals surface area contributed by atoms with Gasteiger partial charge in [-0.05, 0) is 34.5 Å². The van der Waals surface area contributed by atoms with Crippen molar-refractivity contribution in [3.05, 3.63) is 28.0 Å². The molecule has 0 saturated heterocycles. The molecule has 1 rings (SSSR count). The van der Waals surface area contributed by atoms with Gasteiger partial charge in [0, 0.05) is 12.5 Å². The van der Waals surface area contributed by atoms with Gasteiger partial charge in [0.25, 0.3) is 0 Å². The summed E-state index contributed by atoms with van der Waals surface area (Å²) in [4.78, 5) is 0. The average molecular weight is 295 g/mol. The van der Waals surface area contributed by atoms with Crippen LogP contribution in [0.2, 0.25) is 0 Å². The van der Waals surface area contributed by atoms with E-state index in [0.29, 0.717) is 12.1 Å². The van der Waals surface area contributed by atoms with Crippen LogP contribution in [0.3, 0.4) is 0 Å². The lowest BCUT2D eigenvalue weighted by Crippen LogP contribution is -2.18. The van der Waals surface area contributed by atoms with Gasteiger partial charge in [0.2, 0.25) is 0 Å². The third-order valence-electron chi connectivity index (χ3n) is 2.42. The molecule has 0 saturated carbocycles. The van der Waals surface area contributed by atoms with Crippen molar-refractivity contribution >= 4 is 21.6 Å². The molecule has 17 heavy (non-hydrogen) atoms. The summed E-state index contributed by atoms with van der Waals surface area (Å²) < 4.78 is 14.1. The van der Waals surface area contributed by atoms with Gasteiger partial charge in [-0.3, -0.25) is 0 Å². The predicted octanol–water partition coefficient (Wildman–Crippen LogP) is 3.67. The highest BCUT2D eigenvalue weighted by atomic mass is 79.9. The normalized spacial score (nSPS) is 11.4. The third kappa shape index (κ3) is 3.22. The van der Waals surface area contributed by atoms with Crippen molar-refractivity contribution in [2.24, 2.45) is 0 Å². The Morgan fingerprint density at radius 3 is 2.82 bits per heavy atom. The van der Waals surface area contributed by atoms with Gasteiger partial charge in [0.15, 0.2) is 5.82 Å². The first kappa shape index (κ1) is 13.5. The van der Waals surface area contributed by atoms with Crippen LogP contribution in [0, 0.1) is 29.5 Å². The fourth-order valence-corrected chi connectivity index (χ4v) is 1.84. The van der Waals surface area contributed by atoms with Crippen LogP contribution in [0.25, 0.3) is 0 Å². The van der Waals surface area contributed by atoms with Gasteiger partial charge in [-0.15, -0.1) is 12.3 Å². The fourth-order valence-electron chi connectivity index (χ4n) is 1.41. The van der Waals surface area contributed by atoms with Gasteiger partial charge in [-0.1, -0.05) is 6.92 Å². The molecular formula is C13H12BrFN2. The second kappa shape index (κ2) is 6.27. The van der Waals surface area contributed by atoms with Crippen molar-refractivity contribution in [3.8, 4) is 18.4 Å². The van der Waals surface area contributed by atoms with Crippen LogP contribution in [-0.2, 0) is 0 Å². The highest BCUT2D eigenvalue weighted by molar-refractivity contribution is 9.10. The van der Waals surface area contributed by atoms with E-state index >= 15 is 0 Å². The molecule has 1 aromatic rings. The Labute approximate surface area is 109 Å². The molecule has 0 spiro atoms. The number of hydrogen-bond donors (Lipinski definition) is 1. The van der Waals surface area contributed by atoms with Crippen LogP contribution in [0.4, 0.5) is 10.1 Å². The lowest BCUT2D eigenvalue weighted by Gasteiger charge is -2.16. The molecule has 0 amide bonds. The first-order valence-corrected chi connectivity index (χ1v) is 6.01. The Balaban J connectivity index is 2.98. The number of nitrogens with one attached hydrogen (secondary N) is 1. The van der Waals surface area contributed by atoms with Gasteiger partial charge >= 0.3 is 0 Å². The van der Waals surface area contributed by atoms with E-state index in [1.165, 1.54) is 0 Å². The summed E-state index contributed by atoms with van der Waals surface area (Å²) in [6, 6.07) is 5.07. The third-order valence-corrected chi connectivity index (χ3v) is 3.19. The Morgan fingerprint density at radius 1 is 1.59 bits per heavy atom. The van der Waals surface area contributed by atoms with E-state index in [9.17, 15) is 4.39 Å². The van der Waals surface area contributed by atoms with Crippen molar-refractivity contribution in [2.45, 2.75) is 25.8 Å². The number of terminal acetylenes is 1. The molecule has 0 fully saturated rings. The Morgan fingerprint density at radius 2 is 2.29 bits per heavy atom. The SMILES string of the molecule is C#CCC(CC)Nc1ccc(C#N)c(Br)c1F. The molecular weight excluding hydrogens is 283 g/mol. The molecule has 0 aromatic heterocycles. The molecule has 0 aliphatic rings. The van der Waals surface area contributed by atoms with E-state index in [2.05, 4.69) is 27.2 Å². The molecule has 0 radical (unpaired) electrons. The van der Waals surface area contributed by atoms with E-state index in [0.717, 1.165) is 6.42 Å². The Hall–Kier alpha value is -1.52. The summed E-state index contributed by atoms with van der Waals surface area (Å²) in [6.07, 6.45) is 6.58. The van der Waals surface area contributed by atoms with Crippen LogP contribution in [0.15, 0.2) is 16.6 Å². The van der Waals surface area contributed by atoms with E-state index in [4.69, 9.17) is 11.7 Å². The van der Waals surface area contributed by atoms with Crippen LogP contribution in [-0.4, -0.2) is 6.04 Å². The predicted molar refractivity (Wildman–Crippen MR) is 70.0 cm³/mol. The molecule has 4 heteroatoms. The minimum Gasteiger partial charge on any atom is -0.379 e. The summed E-state index contributed by atoms with van der Waals surface area (Å²) in [6.45, 7) is 1.98. The van der Waals surface area contributed by atoms with Crippen LogP contribution in [0.5, 0.6) is 0 Å². The van der Waals surface area contributed by atoms with Gasteiger partial charge in [-0.2, -0.15) is 5.26 Å². The van der Waals surface area contributed by atoms with E-state index < -0.39 is 5.82 Å². The fraction of sp³-hybridized carbons (Fsp3) is 0.308. The zero-order valence-corrected chi connectivity index (χ0v) is 11.0. The lowest BCUT2D eigenvalue weighted by molar-refractivity contribution is 0.615. The van der Waals surface area contributed by atoms with Crippen LogP contribution in [0.1, 0.15) is 25.3 Å². The molecule has 0 heterocycles. The highest BCUT2D eigenvalue weighted by Gasteiger charge is 2.13. The number of benzene rings is 1. The van der Waals surface area contributed by atoms with Crippen molar-refractivity contribution in [3.63, 3.8) is 0 Å². The van der Waals surface area contributed by atoms with E-state index in [-0.39, 0.29) is 16.1 Å². The molecule has 1 aromatic carbocycles. The highest BCUT2D eigenvalue weighted by Crippen LogP contribution is 2.27. The monoisotopic (exact) mass is 294 g/mol. The molecule has 1 unspecified atom stereocenters. The Kier molecular flexibility index (Phi) is 5.00. The van der Waals surface area contributed by atoms with Gasteiger partial charge < -0.3 is 5.32 Å². The first-order chi connectivity index (χ1) is 8.13. The van der Waals surface area contributed by atoms with Crippen molar-refractivity contribution in [1.82, 2.24) is 0 Å². The number of nitriles is 1. The second-order valence-electron chi connectivity index (χ2n) is 3.56. The number of anilines is 1. The van der Waals surface area contributed by atoms with E-state index in [1.54, 1.807) is 12.1 Å². The van der Waals surface area contributed by atoms with Gasteiger partial charge in [-0.25, -0.2) is 4.39 Å².